The molecular formula is C16H26N2OS. The molecule has 0 fully saturated rings. The molecule has 4 heteroatoms. The number of hydrogen-bond acceptors (Lipinski definition) is 3. The van der Waals surface area contributed by atoms with Gasteiger partial charge >= 0.3 is 0 Å². The number of carbonyl (C=O) groups excluding carboxylic acids is 1. The summed E-state index contributed by atoms with van der Waals surface area (Å²) in [5.41, 5.74) is 8.13. The third kappa shape index (κ3) is 5.97. The smallest absolute Gasteiger partial charge is 0.230 e. The summed E-state index contributed by atoms with van der Waals surface area (Å²) in [7, 11) is 0. The molecule has 1 aromatic rings. The highest BCUT2D eigenvalue weighted by Crippen LogP contribution is 2.23. The maximum absolute atomic E-state index is 12.0. The average Bonchev–Trinajstić information content (AvgIpc) is 2.38. The van der Waals surface area contributed by atoms with E-state index in [1.165, 1.54) is 16.0 Å². The summed E-state index contributed by atoms with van der Waals surface area (Å²) in [6, 6.07) is 6.40. The lowest BCUT2D eigenvalue weighted by Crippen LogP contribution is -2.41. The maximum Gasteiger partial charge on any atom is 0.230 e. The standard InChI is InChI=1S/C16H26N2OS/c1-11(2)7-14(9-17)18-16(19)10-20-15-8-12(3)5-6-13(15)4/h5-6,8,11,14H,7,9-10,17H2,1-4H3,(H,18,19). The minimum Gasteiger partial charge on any atom is -0.351 e. The van der Waals surface area contributed by atoms with Crippen LogP contribution in [0.15, 0.2) is 23.1 Å². The Morgan fingerprint density at radius 1 is 1.35 bits per heavy atom. The van der Waals surface area contributed by atoms with Crippen molar-refractivity contribution >= 4 is 17.7 Å². The number of aryl methyl sites for hydroxylation is 2. The monoisotopic (exact) mass is 294 g/mol. The minimum absolute atomic E-state index is 0.0620. The van der Waals surface area contributed by atoms with E-state index in [1.54, 1.807) is 11.8 Å². The first kappa shape index (κ1) is 17.1. The molecule has 112 valence electrons. The predicted octanol–water partition coefficient (Wildman–Crippen LogP) is 2.89. The van der Waals surface area contributed by atoms with Crippen molar-refractivity contribution in [2.75, 3.05) is 12.3 Å². The Morgan fingerprint density at radius 2 is 2.05 bits per heavy atom. The van der Waals surface area contributed by atoms with Gasteiger partial charge in [0, 0.05) is 17.5 Å². The molecule has 1 amide bonds. The second kappa shape index (κ2) is 8.32. The molecule has 0 spiro atoms. The Bertz CT molecular complexity index is 446. The fourth-order valence-electron chi connectivity index (χ4n) is 2.06. The van der Waals surface area contributed by atoms with Crippen LogP contribution in [0.4, 0.5) is 0 Å². The normalized spacial score (nSPS) is 12.5. The van der Waals surface area contributed by atoms with E-state index in [9.17, 15) is 4.79 Å². The van der Waals surface area contributed by atoms with E-state index < -0.39 is 0 Å². The van der Waals surface area contributed by atoms with Crippen LogP contribution >= 0.6 is 11.8 Å². The van der Waals surface area contributed by atoms with Crippen molar-refractivity contribution in [2.24, 2.45) is 11.7 Å². The molecule has 0 aliphatic rings. The third-order valence-electron chi connectivity index (χ3n) is 3.11. The van der Waals surface area contributed by atoms with Gasteiger partial charge in [-0.1, -0.05) is 31.5 Å². The summed E-state index contributed by atoms with van der Waals surface area (Å²) >= 11 is 1.59. The van der Waals surface area contributed by atoms with Crippen LogP contribution in [0.2, 0.25) is 0 Å². The summed E-state index contributed by atoms with van der Waals surface area (Å²) in [4.78, 5) is 13.2. The Balaban J connectivity index is 2.48. The van der Waals surface area contributed by atoms with E-state index in [4.69, 9.17) is 5.73 Å². The van der Waals surface area contributed by atoms with Gasteiger partial charge in [0.1, 0.15) is 0 Å². The van der Waals surface area contributed by atoms with E-state index in [1.807, 2.05) is 0 Å². The van der Waals surface area contributed by atoms with Crippen LogP contribution in [0.1, 0.15) is 31.4 Å². The van der Waals surface area contributed by atoms with Gasteiger partial charge in [0.2, 0.25) is 5.91 Å². The SMILES string of the molecule is Cc1ccc(C)c(SCC(=O)NC(CN)CC(C)C)c1. The zero-order valence-electron chi connectivity index (χ0n) is 12.9. The Hall–Kier alpha value is -1.00. The van der Waals surface area contributed by atoms with Crippen LogP contribution in [-0.2, 0) is 4.79 Å². The van der Waals surface area contributed by atoms with Gasteiger partial charge in [0.15, 0.2) is 0 Å². The van der Waals surface area contributed by atoms with Crippen molar-refractivity contribution in [1.82, 2.24) is 5.32 Å². The average molecular weight is 294 g/mol. The van der Waals surface area contributed by atoms with Crippen molar-refractivity contribution in [1.29, 1.82) is 0 Å². The van der Waals surface area contributed by atoms with Gasteiger partial charge in [-0.3, -0.25) is 4.79 Å². The largest absolute Gasteiger partial charge is 0.351 e. The highest BCUT2D eigenvalue weighted by atomic mass is 32.2. The van der Waals surface area contributed by atoms with Gasteiger partial charge < -0.3 is 11.1 Å². The van der Waals surface area contributed by atoms with Gasteiger partial charge in [-0.25, -0.2) is 0 Å². The fraction of sp³-hybridized carbons (Fsp3) is 0.562. The van der Waals surface area contributed by atoms with E-state index in [-0.39, 0.29) is 11.9 Å². The second-order valence-electron chi connectivity index (χ2n) is 5.69. The number of carbonyl (C=O) groups is 1. The van der Waals surface area contributed by atoms with Crippen LogP contribution in [0, 0.1) is 19.8 Å². The number of benzene rings is 1. The number of nitrogens with two attached hydrogens (primary N) is 1. The lowest BCUT2D eigenvalue weighted by atomic mass is 10.0. The second-order valence-corrected chi connectivity index (χ2v) is 6.70. The highest BCUT2D eigenvalue weighted by molar-refractivity contribution is 8.00. The molecule has 0 saturated carbocycles. The van der Waals surface area contributed by atoms with Crippen LogP contribution < -0.4 is 11.1 Å². The first-order valence-electron chi connectivity index (χ1n) is 7.11. The van der Waals surface area contributed by atoms with Crippen molar-refractivity contribution in [3.05, 3.63) is 29.3 Å². The number of amides is 1. The quantitative estimate of drug-likeness (QED) is 0.760. The highest BCUT2D eigenvalue weighted by Gasteiger charge is 2.13. The number of hydrogen-bond donors (Lipinski definition) is 2. The van der Waals surface area contributed by atoms with Crippen LogP contribution in [0.25, 0.3) is 0 Å². The van der Waals surface area contributed by atoms with E-state index >= 15 is 0 Å². The molecule has 1 aromatic carbocycles. The number of rotatable bonds is 7. The van der Waals surface area contributed by atoms with Crippen LogP contribution in [-0.4, -0.2) is 24.2 Å². The minimum atomic E-state index is 0.0620. The first-order valence-corrected chi connectivity index (χ1v) is 8.10. The van der Waals surface area contributed by atoms with Crippen LogP contribution in [0.5, 0.6) is 0 Å². The lowest BCUT2D eigenvalue weighted by molar-refractivity contribution is -0.119. The molecular weight excluding hydrogens is 268 g/mol. The van der Waals surface area contributed by atoms with Gasteiger partial charge in [-0.05, 0) is 37.8 Å². The molecule has 0 heterocycles. The third-order valence-corrected chi connectivity index (χ3v) is 4.27. The molecule has 0 aliphatic heterocycles. The van der Waals surface area contributed by atoms with Crippen molar-refractivity contribution in [2.45, 2.75) is 45.1 Å². The molecule has 1 unspecified atom stereocenters. The molecule has 3 N–H and O–H groups in total. The Morgan fingerprint density at radius 3 is 2.65 bits per heavy atom. The molecule has 0 radical (unpaired) electrons. The van der Waals surface area contributed by atoms with Crippen molar-refractivity contribution < 1.29 is 4.79 Å². The lowest BCUT2D eigenvalue weighted by Gasteiger charge is -2.18. The summed E-state index contributed by atoms with van der Waals surface area (Å²) in [5, 5.41) is 3.02. The topological polar surface area (TPSA) is 55.1 Å². The molecule has 0 bridgehead atoms. The summed E-state index contributed by atoms with van der Waals surface area (Å²) < 4.78 is 0. The Kier molecular flexibility index (Phi) is 7.10. The summed E-state index contributed by atoms with van der Waals surface area (Å²) in [6.45, 7) is 8.91. The summed E-state index contributed by atoms with van der Waals surface area (Å²) in [6.07, 6.45) is 0.927. The molecule has 3 nitrogen and oxygen atoms in total. The van der Waals surface area contributed by atoms with Crippen LogP contribution in [0.3, 0.4) is 0 Å². The van der Waals surface area contributed by atoms with E-state index in [2.05, 4.69) is 51.2 Å². The molecule has 0 aromatic heterocycles. The molecule has 20 heavy (non-hydrogen) atoms. The summed E-state index contributed by atoms with van der Waals surface area (Å²) in [5.74, 6) is 1.04. The fourth-order valence-corrected chi connectivity index (χ4v) is 2.99. The van der Waals surface area contributed by atoms with Gasteiger partial charge in [0.25, 0.3) is 0 Å². The predicted molar refractivity (Wildman–Crippen MR) is 87.1 cm³/mol. The van der Waals surface area contributed by atoms with Crippen molar-refractivity contribution in [3.63, 3.8) is 0 Å². The van der Waals surface area contributed by atoms with Gasteiger partial charge in [0.05, 0.1) is 5.75 Å². The number of nitrogens with one attached hydrogen (secondary N) is 1. The van der Waals surface area contributed by atoms with E-state index in [0.717, 1.165) is 6.42 Å². The van der Waals surface area contributed by atoms with Gasteiger partial charge in [-0.15, -0.1) is 11.8 Å². The molecule has 1 atom stereocenters. The zero-order chi connectivity index (χ0) is 15.1. The molecule has 0 aliphatic carbocycles. The van der Waals surface area contributed by atoms with Crippen molar-refractivity contribution in [3.8, 4) is 0 Å². The molecule has 1 rings (SSSR count). The maximum atomic E-state index is 12.0. The number of thioether (sulfide) groups is 1. The van der Waals surface area contributed by atoms with E-state index in [0.29, 0.717) is 18.2 Å². The molecule has 0 saturated heterocycles. The first-order chi connectivity index (χ1) is 9.42. The zero-order valence-corrected chi connectivity index (χ0v) is 13.7. The Labute approximate surface area is 126 Å². The van der Waals surface area contributed by atoms with Gasteiger partial charge in [-0.2, -0.15) is 0 Å².